The van der Waals surface area contributed by atoms with E-state index in [-0.39, 0.29) is 0 Å². The Labute approximate surface area is 108 Å². The van der Waals surface area contributed by atoms with E-state index in [0.29, 0.717) is 5.56 Å². The van der Waals surface area contributed by atoms with E-state index in [1.807, 2.05) is 49.4 Å². The minimum absolute atomic E-state index is 0.705. The van der Waals surface area contributed by atoms with Gasteiger partial charge in [-0.1, -0.05) is 29.5 Å². The Bertz CT molecular complexity index is 661. The molecule has 0 fully saturated rings. The van der Waals surface area contributed by atoms with Crippen molar-refractivity contribution in [3.63, 3.8) is 0 Å². The minimum Gasteiger partial charge on any atom is -0.192 e. The molecule has 0 bridgehead atoms. The van der Waals surface area contributed by atoms with E-state index in [4.69, 9.17) is 5.26 Å². The fraction of sp³-hybridized carbons (Fsp3) is 0.118. The van der Waals surface area contributed by atoms with Crippen LogP contribution in [0.2, 0.25) is 0 Å². The molecule has 18 heavy (non-hydrogen) atoms. The Morgan fingerprint density at radius 1 is 0.833 bits per heavy atom. The Morgan fingerprint density at radius 2 is 1.44 bits per heavy atom. The molecule has 2 aromatic rings. The van der Waals surface area contributed by atoms with Gasteiger partial charge >= 0.3 is 0 Å². The van der Waals surface area contributed by atoms with Crippen LogP contribution in [-0.4, -0.2) is 0 Å². The molecule has 0 spiro atoms. The minimum atomic E-state index is 0.705. The van der Waals surface area contributed by atoms with Crippen LogP contribution in [0.25, 0.3) is 0 Å². The van der Waals surface area contributed by atoms with Crippen molar-refractivity contribution in [3.05, 3.63) is 70.3 Å². The molecule has 0 saturated carbocycles. The first-order chi connectivity index (χ1) is 8.69. The number of nitrogens with zero attached hydrogens (tertiary/aromatic N) is 1. The molecule has 86 valence electrons. The Morgan fingerprint density at radius 3 is 2.06 bits per heavy atom. The van der Waals surface area contributed by atoms with Crippen LogP contribution < -0.4 is 0 Å². The zero-order valence-electron chi connectivity index (χ0n) is 10.5. The van der Waals surface area contributed by atoms with Crippen LogP contribution in [0.3, 0.4) is 0 Å². The van der Waals surface area contributed by atoms with Gasteiger partial charge in [-0.15, -0.1) is 0 Å². The van der Waals surface area contributed by atoms with Crippen molar-refractivity contribution in [1.29, 1.82) is 5.26 Å². The van der Waals surface area contributed by atoms with Gasteiger partial charge < -0.3 is 0 Å². The summed E-state index contributed by atoms with van der Waals surface area (Å²) in [4.78, 5) is 0. The second-order valence-electron chi connectivity index (χ2n) is 4.26. The molecule has 0 saturated heterocycles. The molecule has 0 aromatic heterocycles. The summed E-state index contributed by atoms with van der Waals surface area (Å²) in [6.45, 7) is 3.98. The topological polar surface area (TPSA) is 23.8 Å². The van der Waals surface area contributed by atoms with E-state index in [0.717, 1.165) is 16.7 Å². The number of aryl methyl sites for hydroxylation is 2. The summed E-state index contributed by atoms with van der Waals surface area (Å²) < 4.78 is 0. The molecule has 1 nitrogen and oxygen atoms in total. The fourth-order valence-electron chi connectivity index (χ4n) is 1.65. The number of benzene rings is 2. The van der Waals surface area contributed by atoms with Crippen molar-refractivity contribution in [2.75, 3.05) is 0 Å². The number of nitriles is 1. The lowest BCUT2D eigenvalue weighted by Crippen LogP contribution is -1.84. The highest BCUT2D eigenvalue weighted by Crippen LogP contribution is 2.09. The Hall–Kier alpha value is -2.51. The van der Waals surface area contributed by atoms with Crippen molar-refractivity contribution in [2.45, 2.75) is 13.8 Å². The lowest BCUT2D eigenvalue weighted by Gasteiger charge is -1.97. The summed E-state index contributed by atoms with van der Waals surface area (Å²) in [6, 6.07) is 15.9. The van der Waals surface area contributed by atoms with E-state index >= 15 is 0 Å². The molecule has 0 aliphatic rings. The zero-order valence-corrected chi connectivity index (χ0v) is 10.5. The summed E-state index contributed by atoms with van der Waals surface area (Å²) in [5.41, 5.74) is 4.84. The van der Waals surface area contributed by atoms with Gasteiger partial charge in [0.25, 0.3) is 0 Å². The van der Waals surface area contributed by atoms with E-state index in [2.05, 4.69) is 24.8 Å². The first kappa shape index (κ1) is 12.0. The average Bonchev–Trinajstić information content (AvgIpc) is 2.38. The van der Waals surface area contributed by atoms with Crippen LogP contribution >= 0.6 is 0 Å². The highest BCUT2D eigenvalue weighted by Gasteiger charge is 1.96. The number of hydrogen-bond donors (Lipinski definition) is 0. The van der Waals surface area contributed by atoms with E-state index in [9.17, 15) is 0 Å². The highest BCUT2D eigenvalue weighted by molar-refractivity contribution is 5.48. The van der Waals surface area contributed by atoms with Gasteiger partial charge in [0, 0.05) is 11.1 Å². The van der Waals surface area contributed by atoms with Crippen LogP contribution in [0.4, 0.5) is 0 Å². The monoisotopic (exact) mass is 231 g/mol. The van der Waals surface area contributed by atoms with Crippen LogP contribution in [0.5, 0.6) is 0 Å². The molecule has 2 aromatic carbocycles. The smallest absolute Gasteiger partial charge is 0.0994 e. The quantitative estimate of drug-likeness (QED) is 0.636. The Kier molecular flexibility index (Phi) is 3.46. The maximum Gasteiger partial charge on any atom is 0.0994 e. The molecule has 2 rings (SSSR count). The molecule has 0 amide bonds. The molecule has 1 heteroatoms. The van der Waals surface area contributed by atoms with E-state index in [1.165, 1.54) is 5.56 Å². The predicted molar refractivity (Wildman–Crippen MR) is 73.1 cm³/mol. The molecular weight excluding hydrogens is 218 g/mol. The zero-order chi connectivity index (χ0) is 13.0. The summed E-state index contributed by atoms with van der Waals surface area (Å²) in [7, 11) is 0. The lowest BCUT2D eigenvalue weighted by atomic mass is 10.1. The number of rotatable bonds is 0. The molecule has 0 aliphatic carbocycles. The second-order valence-corrected chi connectivity index (χ2v) is 4.26. The molecule has 0 N–H and O–H groups in total. The van der Waals surface area contributed by atoms with E-state index < -0.39 is 0 Å². The van der Waals surface area contributed by atoms with E-state index in [1.54, 1.807) is 0 Å². The van der Waals surface area contributed by atoms with Crippen LogP contribution in [0.15, 0.2) is 42.5 Å². The highest BCUT2D eigenvalue weighted by atomic mass is 14.2. The van der Waals surface area contributed by atoms with Crippen molar-refractivity contribution in [2.24, 2.45) is 0 Å². The predicted octanol–water partition coefficient (Wildman–Crippen LogP) is 3.57. The normalized spacial score (nSPS) is 9.17. The van der Waals surface area contributed by atoms with Crippen molar-refractivity contribution in [1.82, 2.24) is 0 Å². The largest absolute Gasteiger partial charge is 0.192 e. The van der Waals surface area contributed by atoms with Crippen LogP contribution in [0, 0.1) is 37.0 Å². The maximum absolute atomic E-state index is 8.86. The summed E-state index contributed by atoms with van der Waals surface area (Å²) in [6.07, 6.45) is 0. The van der Waals surface area contributed by atoms with Crippen molar-refractivity contribution >= 4 is 0 Å². The SMILES string of the molecule is Cc1ccc(C#Cc2ccc(C#N)c(C)c2)cc1. The van der Waals surface area contributed by atoms with Gasteiger partial charge in [-0.25, -0.2) is 0 Å². The first-order valence-electron chi connectivity index (χ1n) is 5.78. The van der Waals surface area contributed by atoms with Crippen LogP contribution in [-0.2, 0) is 0 Å². The van der Waals surface area contributed by atoms with Gasteiger partial charge in [-0.05, 0) is 49.7 Å². The maximum atomic E-state index is 8.86. The van der Waals surface area contributed by atoms with Gasteiger partial charge in [0.15, 0.2) is 0 Å². The fourth-order valence-corrected chi connectivity index (χ4v) is 1.65. The molecule has 0 unspecified atom stereocenters. The molecular formula is C17H13N. The van der Waals surface area contributed by atoms with Gasteiger partial charge in [-0.2, -0.15) is 5.26 Å². The third kappa shape index (κ3) is 2.78. The Balaban J connectivity index is 2.28. The van der Waals surface area contributed by atoms with Gasteiger partial charge in [0.2, 0.25) is 0 Å². The third-order valence-corrected chi connectivity index (χ3v) is 2.75. The third-order valence-electron chi connectivity index (χ3n) is 2.75. The molecule has 0 aliphatic heterocycles. The van der Waals surface area contributed by atoms with Crippen LogP contribution in [0.1, 0.15) is 27.8 Å². The standard InChI is InChI=1S/C17H13N/c1-13-3-5-15(6-4-13)7-8-16-9-10-17(12-18)14(2)11-16/h3-6,9-11H,1-2H3. The average molecular weight is 231 g/mol. The summed E-state index contributed by atoms with van der Waals surface area (Å²) in [5, 5.41) is 8.86. The van der Waals surface area contributed by atoms with Gasteiger partial charge in [-0.3, -0.25) is 0 Å². The molecule has 0 radical (unpaired) electrons. The van der Waals surface area contributed by atoms with Gasteiger partial charge in [0.1, 0.15) is 0 Å². The first-order valence-corrected chi connectivity index (χ1v) is 5.78. The summed E-state index contributed by atoms with van der Waals surface area (Å²) in [5.74, 6) is 6.23. The second kappa shape index (κ2) is 5.21. The van der Waals surface area contributed by atoms with Gasteiger partial charge in [0.05, 0.1) is 11.6 Å². The molecule has 0 atom stereocenters. The number of hydrogen-bond acceptors (Lipinski definition) is 1. The summed E-state index contributed by atoms with van der Waals surface area (Å²) >= 11 is 0. The van der Waals surface area contributed by atoms with Crippen molar-refractivity contribution in [3.8, 4) is 17.9 Å². The molecule has 0 heterocycles. The van der Waals surface area contributed by atoms with Crippen molar-refractivity contribution < 1.29 is 0 Å². The lowest BCUT2D eigenvalue weighted by molar-refractivity contribution is 1.38.